The van der Waals surface area contributed by atoms with E-state index in [9.17, 15) is 31.1 Å². The van der Waals surface area contributed by atoms with Gasteiger partial charge in [-0.2, -0.15) is 13.2 Å². The summed E-state index contributed by atoms with van der Waals surface area (Å²) in [5, 5.41) is 19.8. The summed E-state index contributed by atoms with van der Waals surface area (Å²) in [5.74, 6) is -3.55. The Labute approximate surface area is 167 Å². The Morgan fingerprint density at radius 2 is 1.70 bits per heavy atom. The van der Waals surface area contributed by atoms with Crippen LogP contribution in [0.25, 0.3) is 10.9 Å². The third kappa shape index (κ3) is 5.80. The van der Waals surface area contributed by atoms with Crippen LogP contribution in [-0.2, 0) is 14.6 Å². The van der Waals surface area contributed by atoms with Crippen LogP contribution in [0.3, 0.4) is 0 Å². The molecule has 0 fully saturated rings. The summed E-state index contributed by atoms with van der Waals surface area (Å²) in [4.78, 5) is 13.2. The van der Waals surface area contributed by atoms with E-state index in [4.69, 9.17) is 9.90 Å². The highest BCUT2D eigenvalue weighted by Gasteiger charge is 2.38. The Morgan fingerprint density at radius 3 is 2.23 bits per heavy atom. The molecule has 0 aliphatic rings. The Balaban J connectivity index is 0.000000396. The van der Waals surface area contributed by atoms with Gasteiger partial charge in [0.25, 0.3) is 0 Å². The van der Waals surface area contributed by atoms with Crippen LogP contribution in [-0.4, -0.2) is 42.0 Å². The van der Waals surface area contributed by atoms with E-state index >= 15 is 0 Å². The second kappa shape index (κ2) is 8.53. The SMILES string of the molecule is CS(=O)(=O)c1ccc2nccc(Nc3ccc(O)cc3F)c2c1.O=C(O)C(F)(F)F. The van der Waals surface area contributed by atoms with Gasteiger partial charge in [-0.3, -0.25) is 4.98 Å². The molecule has 0 bridgehead atoms. The number of phenolic OH excluding ortho intramolecular Hbond substituents is 1. The molecule has 30 heavy (non-hydrogen) atoms. The van der Waals surface area contributed by atoms with Crippen molar-refractivity contribution in [3.63, 3.8) is 0 Å². The van der Waals surface area contributed by atoms with Gasteiger partial charge in [-0.25, -0.2) is 17.6 Å². The number of carboxylic acid groups (broad SMARTS) is 1. The van der Waals surface area contributed by atoms with Crippen LogP contribution in [0.4, 0.5) is 28.9 Å². The molecule has 0 spiro atoms. The molecule has 2 aromatic carbocycles. The predicted octanol–water partition coefficient (Wildman–Crippen LogP) is 3.86. The molecule has 0 aliphatic heterocycles. The third-order valence-corrected chi connectivity index (χ3v) is 4.72. The van der Waals surface area contributed by atoms with Crippen molar-refractivity contribution in [2.75, 3.05) is 11.6 Å². The number of aromatic nitrogens is 1. The number of benzene rings is 2. The van der Waals surface area contributed by atoms with Crippen LogP contribution in [0.5, 0.6) is 5.75 Å². The minimum atomic E-state index is -5.08. The number of fused-ring (bicyclic) bond motifs is 1. The largest absolute Gasteiger partial charge is 0.508 e. The number of anilines is 2. The molecule has 0 saturated heterocycles. The van der Waals surface area contributed by atoms with E-state index in [1.807, 2.05) is 0 Å². The Kier molecular flexibility index (Phi) is 6.50. The smallest absolute Gasteiger partial charge is 0.490 e. The monoisotopic (exact) mass is 446 g/mol. The highest BCUT2D eigenvalue weighted by atomic mass is 32.2. The van der Waals surface area contributed by atoms with Crippen LogP contribution < -0.4 is 5.32 Å². The van der Waals surface area contributed by atoms with Gasteiger partial charge in [-0.1, -0.05) is 0 Å². The topological polar surface area (TPSA) is 117 Å². The highest BCUT2D eigenvalue weighted by molar-refractivity contribution is 7.90. The van der Waals surface area contributed by atoms with Crippen LogP contribution in [0.1, 0.15) is 0 Å². The highest BCUT2D eigenvalue weighted by Crippen LogP contribution is 2.29. The van der Waals surface area contributed by atoms with Crippen molar-refractivity contribution in [1.29, 1.82) is 0 Å². The van der Waals surface area contributed by atoms with Gasteiger partial charge in [0, 0.05) is 29.6 Å². The van der Waals surface area contributed by atoms with Crippen molar-refractivity contribution in [2.24, 2.45) is 0 Å². The molecule has 1 aromatic heterocycles. The molecule has 0 radical (unpaired) electrons. The number of pyridine rings is 1. The van der Waals surface area contributed by atoms with Gasteiger partial charge in [0.05, 0.1) is 16.1 Å². The van der Waals surface area contributed by atoms with E-state index in [0.717, 1.165) is 12.3 Å². The molecule has 0 saturated carbocycles. The lowest BCUT2D eigenvalue weighted by atomic mass is 10.1. The number of sulfone groups is 1. The molecule has 0 aliphatic carbocycles. The van der Waals surface area contributed by atoms with Crippen molar-refractivity contribution in [3.05, 3.63) is 54.5 Å². The van der Waals surface area contributed by atoms with E-state index < -0.39 is 27.8 Å². The number of rotatable bonds is 3. The Hall–Kier alpha value is -3.41. The fraction of sp³-hybridized carbons (Fsp3) is 0.111. The van der Waals surface area contributed by atoms with Gasteiger partial charge in [0.15, 0.2) is 9.84 Å². The lowest BCUT2D eigenvalue weighted by Crippen LogP contribution is -2.21. The molecule has 1 heterocycles. The maximum atomic E-state index is 13.9. The molecule has 3 aromatic rings. The van der Waals surface area contributed by atoms with Crippen molar-refractivity contribution < 1.29 is 41.0 Å². The number of aromatic hydroxyl groups is 1. The van der Waals surface area contributed by atoms with Crippen LogP contribution in [0.15, 0.2) is 53.6 Å². The summed E-state index contributed by atoms with van der Waals surface area (Å²) in [7, 11) is -3.36. The summed E-state index contributed by atoms with van der Waals surface area (Å²) in [6, 6.07) is 9.96. The van der Waals surface area contributed by atoms with Gasteiger partial charge in [0.1, 0.15) is 11.6 Å². The summed E-state index contributed by atoms with van der Waals surface area (Å²) >= 11 is 0. The summed E-state index contributed by atoms with van der Waals surface area (Å²) in [6.07, 6.45) is -2.42. The van der Waals surface area contributed by atoms with Crippen molar-refractivity contribution in [3.8, 4) is 5.75 Å². The molecule has 3 rings (SSSR count). The van der Waals surface area contributed by atoms with E-state index in [-0.39, 0.29) is 16.3 Å². The first-order valence-electron chi connectivity index (χ1n) is 7.93. The lowest BCUT2D eigenvalue weighted by molar-refractivity contribution is -0.192. The fourth-order valence-electron chi connectivity index (χ4n) is 2.22. The molecular formula is C18H14F4N2O5S. The number of hydrogen-bond acceptors (Lipinski definition) is 6. The average molecular weight is 446 g/mol. The number of aliphatic carboxylic acids is 1. The van der Waals surface area contributed by atoms with Crippen LogP contribution >= 0.6 is 0 Å². The summed E-state index contributed by atoms with van der Waals surface area (Å²) < 4.78 is 69.0. The number of nitrogens with zero attached hydrogens (tertiary/aromatic N) is 1. The van der Waals surface area contributed by atoms with E-state index in [2.05, 4.69) is 10.3 Å². The van der Waals surface area contributed by atoms with Gasteiger partial charge >= 0.3 is 12.1 Å². The normalized spacial score (nSPS) is 11.5. The van der Waals surface area contributed by atoms with E-state index in [0.29, 0.717) is 16.6 Å². The second-order valence-corrected chi connectivity index (χ2v) is 7.92. The number of hydrogen-bond donors (Lipinski definition) is 3. The molecule has 0 amide bonds. The van der Waals surface area contributed by atoms with Gasteiger partial charge in [0.2, 0.25) is 0 Å². The first-order valence-corrected chi connectivity index (χ1v) is 9.82. The van der Waals surface area contributed by atoms with Crippen molar-refractivity contribution in [1.82, 2.24) is 4.98 Å². The zero-order valence-electron chi connectivity index (χ0n) is 15.1. The number of carbonyl (C=O) groups is 1. The standard InChI is InChI=1S/C16H13FN2O3S.C2HF3O2/c1-23(21,22)11-3-5-14-12(9-11)15(6-7-18-14)19-16-4-2-10(20)8-13(16)17;3-2(4,5)1(6)7/h2-9,20H,1H3,(H,18,19);(H,6,7). The first-order chi connectivity index (χ1) is 13.8. The molecule has 0 atom stereocenters. The number of nitrogens with one attached hydrogen (secondary N) is 1. The van der Waals surface area contributed by atoms with Crippen molar-refractivity contribution in [2.45, 2.75) is 11.1 Å². The Bertz CT molecular complexity index is 1200. The summed E-state index contributed by atoms with van der Waals surface area (Å²) in [6.45, 7) is 0. The fourth-order valence-corrected chi connectivity index (χ4v) is 2.86. The maximum absolute atomic E-state index is 13.9. The van der Waals surface area contributed by atoms with E-state index in [1.165, 1.54) is 24.3 Å². The number of halogens is 4. The zero-order chi connectivity index (χ0) is 22.7. The predicted molar refractivity (Wildman–Crippen MR) is 99.9 cm³/mol. The molecule has 3 N–H and O–H groups in total. The molecule has 160 valence electrons. The number of phenols is 1. The number of carboxylic acids is 1. The number of alkyl halides is 3. The van der Waals surface area contributed by atoms with Gasteiger partial charge in [-0.05, 0) is 36.4 Å². The van der Waals surface area contributed by atoms with Crippen molar-refractivity contribution >= 4 is 38.1 Å². The molecular weight excluding hydrogens is 432 g/mol. The quantitative estimate of drug-likeness (QED) is 0.413. The molecule has 0 unspecified atom stereocenters. The van der Waals surface area contributed by atoms with E-state index in [1.54, 1.807) is 18.3 Å². The van der Waals surface area contributed by atoms with Gasteiger partial charge in [-0.15, -0.1) is 0 Å². The molecule has 12 heteroatoms. The zero-order valence-corrected chi connectivity index (χ0v) is 15.9. The first kappa shape index (κ1) is 22.9. The maximum Gasteiger partial charge on any atom is 0.490 e. The minimum Gasteiger partial charge on any atom is -0.508 e. The second-order valence-electron chi connectivity index (χ2n) is 5.90. The lowest BCUT2D eigenvalue weighted by Gasteiger charge is -2.11. The molecule has 7 nitrogen and oxygen atoms in total. The van der Waals surface area contributed by atoms with Gasteiger partial charge < -0.3 is 15.5 Å². The Morgan fingerprint density at radius 1 is 1.07 bits per heavy atom. The van der Waals surface area contributed by atoms with Crippen LogP contribution in [0, 0.1) is 5.82 Å². The minimum absolute atomic E-state index is 0.159. The van der Waals surface area contributed by atoms with Crippen LogP contribution in [0.2, 0.25) is 0 Å². The third-order valence-electron chi connectivity index (χ3n) is 3.61. The summed E-state index contributed by atoms with van der Waals surface area (Å²) in [5.41, 5.74) is 1.27. The average Bonchev–Trinajstić information content (AvgIpc) is 2.63.